The van der Waals surface area contributed by atoms with Gasteiger partial charge in [0.1, 0.15) is 5.75 Å². The van der Waals surface area contributed by atoms with E-state index in [0.717, 1.165) is 10.8 Å². The summed E-state index contributed by atoms with van der Waals surface area (Å²) in [5.41, 5.74) is 2.53. The van der Waals surface area contributed by atoms with E-state index < -0.39 is 17.4 Å². The molecule has 0 unspecified atom stereocenters. The molecule has 0 radical (unpaired) electrons. The molecule has 0 fully saturated rings. The van der Waals surface area contributed by atoms with Gasteiger partial charge in [-0.25, -0.2) is 5.43 Å². The van der Waals surface area contributed by atoms with Crippen LogP contribution in [0.2, 0.25) is 0 Å². The number of nitrogens with zero attached hydrogens (tertiary/aromatic N) is 1. The van der Waals surface area contributed by atoms with Crippen molar-refractivity contribution >= 4 is 22.9 Å². The van der Waals surface area contributed by atoms with Crippen LogP contribution in [0.25, 0.3) is 10.8 Å². The molecule has 0 heterocycles. The normalized spacial score (nSPS) is 11.0. The van der Waals surface area contributed by atoms with Gasteiger partial charge in [-0.05, 0) is 35.0 Å². The Morgan fingerprint density at radius 2 is 1.73 bits per heavy atom. The zero-order valence-corrected chi connectivity index (χ0v) is 13.8. The third-order valence-electron chi connectivity index (χ3n) is 3.84. The highest BCUT2D eigenvalue weighted by Crippen LogP contribution is 2.36. The van der Waals surface area contributed by atoms with E-state index in [-0.39, 0.29) is 22.6 Å². The van der Waals surface area contributed by atoms with E-state index in [2.05, 4.69) is 10.5 Å². The van der Waals surface area contributed by atoms with Gasteiger partial charge in [0.05, 0.1) is 18.9 Å². The third kappa shape index (κ3) is 3.23. The largest absolute Gasteiger partial charge is 0.507 e. The second-order valence-electron chi connectivity index (χ2n) is 5.47. The van der Waals surface area contributed by atoms with E-state index in [1.165, 1.54) is 31.5 Å². The van der Waals surface area contributed by atoms with Crippen molar-refractivity contribution in [1.82, 2.24) is 5.43 Å². The number of ether oxygens (including phenoxy) is 1. The van der Waals surface area contributed by atoms with Gasteiger partial charge in [-0.1, -0.05) is 24.3 Å². The number of hydrazone groups is 1. The molecule has 0 atom stereocenters. The van der Waals surface area contributed by atoms with Gasteiger partial charge in [-0.15, -0.1) is 0 Å². The maximum Gasteiger partial charge on any atom is 0.275 e. The number of carbonyl (C=O) groups is 1. The van der Waals surface area contributed by atoms with Crippen LogP contribution < -0.4 is 10.2 Å². The summed E-state index contributed by atoms with van der Waals surface area (Å²) in [7, 11) is 1.36. The molecule has 3 rings (SSSR count). The summed E-state index contributed by atoms with van der Waals surface area (Å²) < 4.78 is 4.88. The van der Waals surface area contributed by atoms with Crippen LogP contribution in [0.3, 0.4) is 0 Å². The highest BCUT2D eigenvalue weighted by atomic mass is 16.5. The fourth-order valence-corrected chi connectivity index (χ4v) is 2.48. The van der Waals surface area contributed by atoms with Gasteiger partial charge in [0.15, 0.2) is 11.5 Å². The zero-order chi connectivity index (χ0) is 18.7. The minimum atomic E-state index is -0.610. The first-order valence-electron chi connectivity index (χ1n) is 7.65. The quantitative estimate of drug-likeness (QED) is 0.328. The minimum absolute atomic E-state index is 0.0719. The number of hydrogen-bond acceptors (Lipinski definition) is 6. The van der Waals surface area contributed by atoms with Crippen molar-refractivity contribution in [1.29, 1.82) is 0 Å². The van der Waals surface area contributed by atoms with E-state index in [9.17, 15) is 20.1 Å². The number of methoxy groups -OCH3 is 1. The van der Waals surface area contributed by atoms with E-state index in [1.807, 2.05) is 24.3 Å². The predicted molar refractivity (Wildman–Crippen MR) is 97.0 cm³/mol. The van der Waals surface area contributed by atoms with Crippen molar-refractivity contribution in [3.8, 4) is 23.0 Å². The van der Waals surface area contributed by atoms with Crippen molar-refractivity contribution in [2.45, 2.75) is 0 Å². The van der Waals surface area contributed by atoms with Crippen LogP contribution in [-0.2, 0) is 0 Å². The molecule has 26 heavy (non-hydrogen) atoms. The Labute approximate surface area is 148 Å². The summed E-state index contributed by atoms with van der Waals surface area (Å²) in [4.78, 5) is 12.2. The number of phenols is 3. The monoisotopic (exact) mass is 352 g/mol. The highest BCUT2D eigenvalue weighted by molar-refractivity contribution is 6.01. The number of benzene rings is 3. The number of amides is 1. The van der Waals surface area contributed by atoms with Gasteiger partial charge in [-0.2, -0.15) is 5.10 Å². The Morgan fingerprint density at radius 3 is 2.42 bits per heavy atom. The second kappa shape index (κ2) is 7.02. The van der Waals surface area contributed by atoms with Crippen LogP contribution >= 0.6 is 0 Å². The summed E-state index contributed by atoms with van der Waals surface area (Å²) in [6, 6.07) is 13.3. The van der Waals surface area contributed by atoms with E-state index in [4.69, 9.17) is 4.74 Å². The smallest absolute Gasteiger partial charge is 0.275 e. The van der Waals surface area contributed by atoms with Crippen LogP contribution in [0.15, 0.2) is 53.6 Å². The molecule has 4 N–H and O–H groups in total. The molecule has 0 saturated carbocycles. The average molecular weight is 352 g/mol. The highest BCUT2D eigenvalue weighted by Gasteiger charge is 2.13. The Hall–Kier alpha value is -3.74. The Bertz CT molecular complexity index is 1010. The molecule has 0 saturated heterocycles. The lowest BCUT2D eigenvalue weighted by Crippen LogP contribution is -2.17. The molecule has 7 heteroatoms. The Morgan fingerprint density at radius 1 is 1.04 bits per heavy atom. The van der Waals surface area contributed by atoms with Crippen molar-refractivity contribution < 1.29 is 24.9 Å². The number of aromatic hydroxyl groups is 3. The molecule has 3 aromatic rings. The number of fused-ring (bicyclic) bond motifs is 1. The number of hydrogen-bond donors (Lipinski definition) is 4. The standard InChI is InChI=1S/C19H16N2O5/c1-26-16-7-6-13(17(23)18(16)24)10-20-21-19(25)14-8-11-4-2-3-5-12(11)9-15(14)22/h2-10,22-24H,1H3,(H,21,25)/b20-10+. The molecule has 3 aromatic carbocycles. The molecular formula is C19H16N2O5. The van der Waals surface area contributed by atoms with E-state index in [0.29, 0.717) is 0 Å². The fraction of sp³-hybridized carbons (Fsp3) is 0.0526. The van der Waals surface area contributed by atoms with Crippen molar-refractivity contribution in [3.63, 3.8) is 0 Å². The zero-order valence-electron chi connectivity index (χ0n) is 13.8. The molecule has 7 nitrogen and oxygen atoms in total. The first-order chi connectivity index (χ1) is 12.5. The molecule has 0 spiro atoms. The maximum absolute atomic E-state index is 12.2. The molecule has 132 valence electrons. The van der Waals surface area contributed by atoms with E-state index >= 15 is 0 Å². The van der Waals surface area contributed by atoms with Crippen LogP contribution in [0.4, 0.5) is 0 Å². The Kier molecular flexibility index (Phi) is 4.62. The van der Waals surface area contributed by atoms with Gasteiger partial charge in [0.25, 0.3) is 5.91 Å². The summed E-state index contributed by atoms with van der Waals surface area (Å²) in [5, 5.41) is 35.0. The minimum Gasteiger partial charge on any atom is -0.507 e. The fourth-order valence-electron chi connectivity index (χ4n) is 2.48. The van der Waals surface area contributed by atoms with Gasteiger partial charge in [0.2, 0.25) is 5.75 Å². The molecule has 0 bridgehead atoms. The molecular weight excluding hydrogens is 336 g/mol. The number of nitrogens with one attached hydrogen (secondary N) is 1. The SMILES string of the molecule is COc1ccc(/C=N/NC(=O)c2cc3ccccc3cc2O)c(O)c1O. The number of carbonyl (C=O) groups excluding carboxylic acids is 1. The first kappa shape index (κ1) is 17.1. The van der Waals surface area contributed by atoms with Gasteiger partial charge >= 0.3 is 0 Å². The lowest BCUT2D eigenvalue weighted by atomic mass is 10.1. The van der Waals surface area contributed by atoms with Crippen molar-refractivity contribution in [2.75, 3.05) is 7.11 Å². The van der Waals surface area contributed by atoms with Crippen molar-refractivity contribution in [3.05, 3.63) is 59.7 Å². The molecule has 0 aliphatic carbocycles. The van der Waals surface area contributed by atoms with Gasteiger partial charge in [0, 0.05) is 5.56 Å². The number of rotatable bonds is 4. The lowest BCUT2D eigenvalue weighted by Gasteiger charge is -2.07. The first-order valence-corrected chi connectivity index (χ1v) is 7.65. The number of phenolic OH excluding ortho intramolecular Hbond substituents is 3. The lowest BCUT2D eigenvalue weighted by molar-refractivity contribution is 0.0952. The molecule has 0 aliphatic rings. The summed E-state index contributed by atoms with van der Waals surface area (Å²) in [5.74, 6) is -1.50. The topological polar surface area (TPSA) is 111 Å². The van der Waals surface area contributed by atoms with Crippen LogP contribution in [-0.4, -0.2) is 34.6 Å². The van der Waals surface area contributed by atoms with Gasteiger partial charge in [-0.3, -0.25) is 4.79 Å². The Balaban J connectivity index is 1.80. The van der Waals surface area contributed by atoms with Gasteiger partial charge < -0.3 is 20.1 Å². The third-order valence-corrected chi connectivity index (χ3v) is 3.84. The second-order valence-corrected chi connectivity index (χ2v) is 5.47. The van der Waals surface area contributed by atoms with Crippen LogP contribution in [0.1, 0.15) is 15.9 Å². The summed E-state index contributed by atoms with van der Waals surface area (Å²) in [6.45, 7) is 0. The summed E-state index contributed by atoms with van der Waals surface area (Å²) in [6.07, 6.45) is 1.17. The summed E-state index contributed by atoms with van der Waals surface area (Å²) >= 11 is 0. The molecule has 0 aromatic heterocycles. The molecule has 0 aliphatic heterocycles. The van der Waals surface area contributed by atoms with Crippen molar-refractivity contribution in [2.24, 2.45) is 5.10 Å². The van der Waals surface area contributed by atoms with E-state index in [1.54, 1.807) is 6.07 Å². The van der Waals surface area contributed by atoms with Crippen LogP contribution in [0, 0.1) is 0 Å². The predicted octanol–water partition coefficient (Wildman–Crippen LogP) is 2.73. The average Bonchev–Trinajstić information content (AvgIpc) is 2.64. The molecule has 1 amide bonds. The van der Waals surface area contributed by atoms with Crippen LogP contribution in [0.5, 0.6) is 23.0 Å². The maximum atomic E-state index is 12.2.